The van der Waals surface area contributed by atoms with Gasteiger partial charge in [-0.3, -0.25) is 4.79 Å². The second-order valence-corrected chi connectivity index (χ2v) is 10.5. The van der Waals surface area contributed by atoms with E-state index in [-0.39, 0.29) is 30.3 Å². The Morgan fingerprint density at radius 3 is 2.37 bits per heavy atom. The van der Waals surface area contributed by atoms with E-state index in [1.54, 1.807) is 59.1 Å². The van der Waals surface area contributed by atoms with E-state index in [0.29, 0.717) is 16.4 Å². The average Bonchev–Trinajstić information content (AvgIpc) is 2.76. The smallest absolute Gasteiger partial charge is 0.317 e. The zero-order valence-corrected chi connectivity index (χ0v) is 22.6. The number of rotatable bonds is 7. The number of esters is 1. The van der Waals surface area contributed by atoms with Gasteiger partial charge in [-0.05, 0) is 69.2 Å². The maximum Gasteiger partial charge on any atom is 0.317 e. The van der Waals surface area contributed by atoms with Crippen LogP contribution in [0.25, 0.3) is 0 Å². The fourth-order valence-corrected chi connectivity index (χ4v) is 3.61. The van der Waals surface area contributed by atoms with Crippen LogP contribution in [0.5, 0.6) is 0 Å². The highest BCUT2D eigenvalue weighted by atomic mass is 35.5. The molecular weight excluding hydrogens is 486 g/mol. The number of nitrogens with two attached hydrogens (primary N) is 1. The number of halogens is 1. The quantitative estimate of drug-likeness (QED) is 0.242. The van der Waals surface area contributed by atoms with E-state index < -0.39 is 11.0 Å². The van der Waals surface area contributed by atoms with Crippen LogP contribution >= 0.6 is 23.8 Å². The first-order chi connectivity index (χ1) is 16.2. The second kappa shape index (κ2) is 11.6. The van der Waals surface area contributed by atoms with Crippen molar-refractivity contribution in [1.82, 2.24) is 15.5 Å². The number of ether oxygens (including phenoxy) is 1. The number of nitrogens with zero attached hydrogens (tertiary/aromatic N) is 1. The minimum Gasteiger partial charge on any atom is -0.462 e. The summed E-state index contributed by atoms with van der Waals surface area (Å²) in [5.41, 5.74) is 7.26. The van der Waals surface area contributed by atoms with E-state index in [1.165, 1.54) is 4.90 Å². The highest BCUT2D eigenvalue weighted by Crippen LogP contribution is 2.28. The predicted octanol–water partition coefficient (Wildman–Crippen LogP) is 4.48. The van der Waals surface area contributed by atoms with Crippen molar-refractivity contribution in [3.63, 3.8) is 0 Å². The molecule has 8 nitrogen and oxygen atoms in total. The molecule has 2 amide bonds. The molecule has 0 heterocycles. The third-order valence-electron chi connectivity index (χ3n) is 5.21. The normalized spacial score (nSPS) is 12.8. The first-order valence-electron chi connectivity index (χ1n) is 11.1. The molecule has 0 saturated heterocycles. The van der Waals surface area contributed by atoms with Crippen molar-refractivity contribution in [3.05, 3.63) is 58.6 Å². The van der Waals surface area contributed by atoms with Gasteiger partial charge in [0.1, 0.15) is 6.61 Å². The fraction of sp³-hybridized carbons (Fsp3) is 0.400. The van der Waals surface area contributed by atoms with E-state index in [9.17, 15) is 9.59 Å². The molecule has 10 heteroatoms. The van der Waals surface area contributed by atoms with Crippen LogP contribution in [0.1, 0.15) is 38.8 Å². The number of carbonyl (C=O) groups excluding carboxylic acids is 2. The van der Waals surface area contributed by atoms with Gasteiger partial charge in [-0.2, -0.15) is 0 Å². The van der Waals surface area contributed by atoms with Crippen LogP contribution in [0.4, 0.5) is 16.2 Å². The molecule has 1 unspecified atom stereocenters. The molecule has 0 aromatic heterocycles. The lowest BCUT2D eigenvalue weighted by atomic mass is 9.92. The van der Waals surface area contributed by atoms with Crippen molar-refractivity contribution >= 4 is 52.3 Å². The molecule has 0 aliphatic rings. The van der Waals surface area contributed by atoms with Crippen LogP contribution < -0.4 is 21.7 Å². The summed E-state index contributed by atoms with van der Waals surface area (Å²) in [6, 6.07) is 12.4. The van der Waals surface area contributed by atoms with Gasteiger partial charge in [0.25, 0.3) is 0 Å². The van der Waals surface area contributed by atoms with Gasteiger partial charge in [0.2, 0.25) is 0 Å². The average molecular weight is 520 g/mol. The Morgan fingerprint density at radius 1 is 1.11 bits per heavy atom. The lowest BCUT2D eigenvalue weighted by molar-refractivity contribution is -0.155. The SMILES string of the molecule is CN(C)C(=O)NCc1cccc(N)c1NC(=S)NC(C)(COC(=O)C(C)(C)C)c1cccc(Cl)c1. The fourth-order valence-electron chi connectivity index (χ4n) is 3.09. The van der Waals surface area contributed by atoms with Crippen molar-refractivity contribution < 1.29 is 14.3 Å². The molecule has 0 radical (unpaired) electrons. The number of carbonyl (C=O) groups is 2. The molecule has 0 aliphatic carbocycles. The lowest BCUT2D eigenvalue weighted by Gasteiger charge is -2.33. The highest BCUT2D eigenvalue weighted by molar-refractivity contribution is 7.80. The lowest BCUT2D eigenvalue weighted by Crippen LogP contribution is -2.49. The van der Waals surface area contributed by atoms with Gasteiger partial charge in [0.15, 0.2) is 5.11 Å². The van der Waals surface area contributed by atoms with Gasteiger partial charge < -0.3 is 31.3 Å². The Morgan fingerprint density at radius 2 is 1.77 bits per heavy atom. The summed E-state index contributed by atoms with van der Waals surface area (Å²) in [5, 5.41) is 10.0. The predicted molar refractivity (Wildman–Crippen MR) is 145 cm³/mol. The highest BCUT2D eigenvalue weighted by Gasteiger charge is 2.32. The van der Waals surface area contributed by atoms with Crippen LogP contribution in [0, 0.1) is 5.41 Å². The number of para-hydroxylation sites is 1. The largest absolute Gasteiger partial charge is 0.462 e. The molecule has 1 atom stereocenters. The molecular formula is C25H34ClN5O3S. The van der Waals surface area contributed by atoms with E-state index in [2.05, 4.69) is 16.0 Å². The maximum absolute atomic E-state index is 12.5. The topological polar surface area (TPSA) is 109 Å². The Hall–Kier alpha value is -3.04. The second-order valence-electron chi connectivity index (χ2n) is 9.68. The van der Waals surface area contributed by atoms with Gasteiger partial charge >= 0.3 is 12.0 Å². The number of nitrogen functional groups attached to an aromatic ring is 1. The number of hydrogen-bond acceptors (Lipinski definition) is 5. The van der Waals surface area contributed by atoms with E-state index in [1.807, 2.05) is 25.1 Å². The van der Waals surface area contributed by atoms with Crippen molar-refractivity contribution in [1.29, 1.82) is 0 Å². The number of benzene rings is 2. The van der Waals surface area contributed by atoms with Crippen LogP contribution in [0.15, 0.2) is 42.5 Å². The van der Waals surface area contributed by atoms with Crippen molar-refractivity contribution in [3.8, 4) is 0 Å². The van der Waals surface area contributed by atoms with Gasteiger partial charge in [-0.25, -0.2) is 4.79 Å². The van der Waals surface area contributed by atoms with Gasteiger partial charge in [-0.15, -0.1) is 0 Å². The molecule has 0 spiro atoms. The number of anilines is 2. The summed E-state index contributed by atoms with van der Waals surface area (Å²) in [6.45, 7) is 7.51. The van der Waals surface area contributed by atoms with Crippen LogP contribution in [0.3, 0.4) is 0 Å². The Labute approximate surface area is 217 Å². The van der Waals surface area contributed by atoms with Gasteiger partial charge in [-0.1, -0.05) is 35.9 Å². The number of hydrogen-bond donors (Lipinski definition) is 4. The summed E-state index contributed by atoms with van der Waals surface area (Å²) in [6.07, 6.45) is 0. The zero-order chi connectivity index (χ0) is 26.4. The third kappa shape index (κ3) is 8.00. The zero-order valence-electron chi connectivity index (χ0n) is 21.0. The third-order valence-corrected chi connectivity index (χ3v) is 5.65. The summed E-state index contributed by atoms with van der Waals surface area (Å²) >= 11 is 11.9. The maximum atomic E-state index is 12.5. The molecule has 2 aromatic rings. The molecule has 0 fully saturated rings. The Kier molecular flexibility index (Phi) is 9.34. The molecule has 2 rings (SSSR count). The van der Waals surface area contributed by atoms with Crippen molar-refractivity contribution in [2.24, 2.45) is 5.41 Å². The van der Waals surface area contributed by atoms with Crippen molar-refractivity contribution in [2.75, 3.05) is 31.8 Å². The molecule has 0 aliphatic heterocycles. The Bertz CT molecular complexity index is 1090. The molecule has 35 heavy (non-hydrogen) atoms. The molecule has 5 N–H and O–H groups in total. The van der Waals surface area contributed by atoms with E-state index in [4.69, 9.17) is 34.3 Å². The summed E-state index contributed by atoms with van der Waals surface area (Å²) in [4.78, 5) is 25.9. The summed E-state index contributed by atoms with van der Waals surface area (Å²) in [7, 11) is 3.33. The summed E-state index contributed by atoms with van der Waals surface area (Å²) < 4.78 is 5.64. The van der Waals surface area contributed by atoms with Gasteiger partial charge in [0.05, 0.1) is 22.3 Å². The van der Waals surface area contributed by atoms with Crippen LogP contribution in [0.2, 0.25) is 5.02 Å². The number of amides is 2. The molecule has 2 aromatic carbocycles. The first kappa shape index (κ1) is 28.2. The van der Waals surface area contributed by atoms with E-state index >= 15 is 0 Å². The monoisotopic (exact) mass is 519 g/mol. The van der Waals surface area contributed by atoms with E-state index in [0.717, 1.165) is 11.1 Å². The molecule has 0 bridgehead atoms. The van der Waals surface area contributed by atoms with Gasteiger partial charge in [0, 0.05) is 25.7 Å². The molecule has 190 valence electrons. The minimum atomic E-state index is -0.890. The first-order valence-corrected chi connectivity index (χ1v) is 11.9. The minimum absolute atomic E-state index is 0.0152. The standard InChI is InChI=1S/C25H34ClN5O3S/c1-24(2,3)21(32)34-15-25(4,17-10-8-11-18(26)13-17)30-22(35)29-20-16(9-7-12-19(20)27)14-28-23(33)31(5)6/h7-13H,14-15,27H2,1-6H3,(H,28,33)(H2,29,30,35). The van der Waals surface area contributed by atoms with Crippen LogP contribution in [-0.4, -0.2) is 42.7 Å². The Balaban J connectivity index is 2.27. The number of urea groups is 1. The molecule has 0 saturated carbocycles. The summed E-state index contributed by atoms with van der Waals surface area (Å²) in [5.74, 6) is -0.336. The van der Waals surface area contributed by atoms with Crippen LogP contribution in [-0.2, 0) is 21.6 Å². The number of thiocarbonyl (C=S) groups is 1. The van der Waals surface area contributed by atoms with Crippen molar-refractivity contribution in [2.45, 2.75) is 39.8 Å². The number of nitrogens with one attached hydrogen (secondary N) is 3.